The van der Waals surface area contributed by atoms with E-state index in [0.29, 0.717) is 23.6 Å². The molecule has 1 rings (SSSR count). The van der Waals surface area contributed by atoms with E-state index in [0.717, 1.165) is 23.3 Å². The average molecular weight is 307 g/mol. The fourth-order valence-corrected chi connectivity index (χ4v) is 2.23. The van der Waals surface area contributed by atoms with E-state index in [-0.39, 0.29) is 11.3 Å². The van der Waals surface area contributed by atoms with Crippen molar-refractivity contribution in [3.63, 3.8) is 0 Å². The lowest BCUT2D eigenvalue weighted by atomic mass is 10.4. The number of carbonyl (C=O) groups excluding carboxylic acids is 1. The summed E-state index contributed by atoms with van der Waals surface area (Å²) in [6, 6.07) is 0. The zero-order valence-corrected chi connectivity index (χ0v) is 12.9. The minimum Gasteiger partial charge on any atom is -0.466 e. The molecule has 7 nitrogen and oxygen atoms in total. The van der Waals surface area contributed by atoms with Crippen LogP contribution in [0.15, 0.2) is 5.16 Å². The number of nitrogens with zero attached hydrogens (tertiary/aromatic N) is 3. The van der Waals surface area contributed by atoms with Gasteiger partial charge in [-0.1, -0.05) is 0 Å². The average Bonchev–Trinajstić information content (AvgIpc) is 2.82. The quantitative estimate of drug-likeness (QED) is 0.704. The first-order valence-electron chi connectivity index (χ1n) is 5.44. The summed E-state index contributed by atoms with van der Waals surface area (Å²) in [6.45, 7) is 0.765. The summed E-state index contributed by atoms with van der Waals surface area (Å²) in [5, 5.41) is 0.671. The van der Waals surface area contributed by atoms with Crippen LogP contribution in [0.1, 0.15) is 0 Å². The normalized spacial score (nSPS) is 12.2. The van der Waals surface area contributed by atoms with Crippen molar-refractivity contribution < 1.29 is 19.0 Å². The van der Waals surface area contributed by atoms with E-state index in [2.05, 4.69) is 9.36 Å². The van der Waals surface area contributed by atoms with Crippen LogP contribution in [0.25, 0.3) is 0 Å². The van der Waals surface area contributed by atoms with Gasteiger partial charge in [-0.05, 0) is 0 Å². The molecule has 1 atom stereocenters. The molecule has 1 aromatic rings. The molecular weight excluding hydrogens is 290 g/mol. The molecule has 0 N–H and O–H groups in total. The van der Waals surface area contributed by atoms with Crippen molar-refractivity contribution in [3.8, 4) is 5.19 Å². The maximum absolute atomic E-state index is 11.5. The molecule has 108 valence electrons. The third-order valence-electron chi connectivity index (χ3n) is 2.01. The monoisotopic (exact) mass is 307 g/mol. The Morgan fingerprint density at radius 3 is 2.74 bits per heavy atom. The number of hydrogen-bond donors (Lipinski definition) is 0. The highest BCUT2D eigenvalue weighted by molar-refractivity contribution is 8.13. The van der Waals surface area contributed by atoms with Crippen LogP contribution in [0.4, 0.5) is 4.79 Å². The van der Waals surface area contributed by atoms with E-state index in [9.17, 15) is 4.79 Å². The van der Waals surface area contributed by atoms with Crippen LogP contribution in [0.2, 0.25) is 0 Å². The molecule has 0 spiro atoms. The van der Waals surface area contributed by atoms with Gasteiger partial charge in [-0.15, -0.1) is 0 Å². The van der Waals surface area contributed by atoms with Gasteiger partial charge in [0.15, 0.2) is 0 Å². The molecule has 0 aliphatic carbocycles. The van der Waals surface area contributed by atoms with Crippen molar-refractivity contribution in [2.75, 3.05) is 41.5 Å². The number of carbonyl (C=O) groups is 1. The van der Waals surface area contributed by atoms with E-state index >= 15 is 0 Å². The van der Waals surface area contributed by atoms with E-state index in [4.69, 9.17) is 14.2 Å². The summed E-state index contributed by atoms with van der Waals surface area (Å²) in [4.78, 5) is 17.0. The lowest BCUT2D eigenvalue weighted by molar-refractivity contribution is 0.000759. The Hall–Kier alpha value is -0.900. The van der Waals surface area contributed by atoms with Crippen LogP contribution < -0.4 is 4.74 Å². The van der Waals surface area contributed by atoms with E-state index in [1.165, 1.54) is 4.90 Å². The smallest absolute Gasteiger partial charge is 0.294 e. The minimum atomic E-state index is -0.159. The molecule has 0 saturated heterocycles. The second kappa shape index (κ2) is 8.31. The van der Waals surface area contributed by atoms with Crippen LogP contribution in [-0.4, -0.2) is 67.1 Å². The molecule has 1 aromatic heterocycles. The van der Waals surface area contributed by atoms with Crippen molar-refractivity contribution in [1.29, 1.82) is 0 Å². The van der Waals surface area contributed by atoms with Gasteiger partial charge in [0.05, 0.1) is 6.61 Å². The summed E-state index contributed by atoms with van der Waals surface area (Å²) in [7, 11) is 6.53. The summed E-state index contributed by atoms with van der Waals surface area (Å²) < 4.78 is 19.6. The molecule has 0 saturated carbocycles. The van der Waals surface area contributed by atoms with E-state index < -0.39 is 0 Å². The Bertz CT molecular complexity index is 400. The highest BCUT2D eigenvalue weighted by Gasteiger charge is 2.14. The van der Waals surface area contributed by atoms with Crippen molar-refractivity contribution in [2.45, 2.75) is 11.3 Å². The second-order valence-corrected chi connectivity index (χ2v) is 5.36. The van der Waals surface area contributed by atoms with Gasteiger partial charge in [0.2, 0.25) is 5.16 Å². The molecule has 0 fully saturated rings. The maximum Gasteiger partial charge on any atom is 0.294 e. The summed E-state index contributed by atoms with van der Waals surface area (Å²) >= 11 is 2.06. The Kier molecular flexibility index (Phi) is 7.06. The molecule has 0 bridgehead atoms. The van der Waals surface area contributed by atoms with Gasteiger partial charge in [0, 0.05) is 51.6 Å². The molecule has 19 heavy (non-hydrogen) atoms. The standard InChI is InChI=1S/C10H17N3O4S2/c1-13(2)10(14)18-8-11-9(19-12-8)17-6-7(16-4)5-15-3/h7H,5-6H2,1-4H3. The molecule has 0 aromatic carbocycles. The highest BCUT2D eigenvalue weighted by Crippen LogP contribution is 2.23. The van der Waals surface area contributed by atoms with Crippen LogP contribution in [0, 0.1) is 0 Å². The number of amides is 1. The van der Waals surface area contributed by atoms with Crippen molar-refractivity contribution in [2.24, 2.45) is 0 Å². The van der Waals surface area contributed by atoms with Gasteiger partial charge < -0.3 is 19.1 Å². The Morgan fingerprint density at radius 1 is 1.42 bits per heavy atom. The van der Waals surface area contributed by atoms with Gasteiger partial charge in [0.1, 0.15) is 12.7 Å². The van der Waals surface area contributed by atoms with Crippen LogP contribution in [0.5, 0.6) is 5.19 Å². The lowest BCUT2D eigenvalue weighted by Crippen LogP contribution is -2.25. The van der Waals surface area contributed by atoms with Crippen molar-refractivity contribution >= 4 is 28.5 Å². The molecule has 0 aliphatic heterocycles. The van der Waals surface area contributed by atoms with Gasteiger partial charge in [-0.2, -0.15) is 9.36 Å². The number of methoxy groups -OCH3 is 2. The zero-order valence-electron chi connectivity index (χ0n) is 11.3. The molecule has 0 radical (unpaired) electrons. The van der Waals surface area contributed by atoms with Crippen LogP contribution in [0.3, 0.4) is 0 Å². The Labute approximate surface area is 120 Å². The number of thioether (sulfide) groups is 1. The molecular formula is C10H17N3O4S2. The largest absolute Gasteiger partial charge is 0.466 e. The third-order valence-corrected chi connectivity index (χ3v) is 3.66. The highest BCUT2D eigenvalue weighted by atomic mass is 32.2. The first kappa shape index (κ1) is 16.2. The summed E-state index contributed by atoms with van der Waals surface area (Å²) in [6.07, 6.45) is -0.159. The summed E-state index contributed by atoms with van der Waals surface area (Å²) in [5.74, 6) is 0. The van der Waals surface area contributed by atoms with Crippen LogP contribution in [-0.2, 0) is 9.47 Å². The van der Waals surface area contributed by atoms with Gasteiger partial charge >= 0.3 is 0 Å². The van der Waals surface area contributed by atoms with Crippen molar-refractivity contribution in [3.05, 3.63) is 0 Å². The van der Waals surface area contributed by atoms with Crippen molar-refractivity contribution in [1.82, 2.24) is 14.3 Å². The molecule has 1 unspecified atom stereocenters. The number of rotatable bonds is 7. The third kappa shape index (κ3) is 5.72. The number of hydrogen-bond acceptors (Lipinski definition) is 8. The lowest BCUT2D eigenvalue weighted by Gasteiger charge is -2.13. The first-order valence-corrected chi connectivity index (χ1v) is 7.03. The Morgan fingerprint density at radius 2 is 2.16 bits per heavy atom. The first-order chi connectivity index (χ1) is 9.06. The van der Waals surface area contributed by atoms with Gasteiger partial charge in [-0.3, -0.25) is 4.79 Å². The fourth-order valence-electron chi connectivity index (χ4n) is 1.00. The molecule has 1 heterocycles. The summed E-state index contributed by atoms with van der Waals surface area (Å²) in [5.41, 5.74) is 0. The second-order valence-electron chi connectivity index (χ2n) is 3.73. The molecule has 1 amide bonds. The minimum absolute atomic E-state index is 0.126. The van der Waals surface area contributed by atoms with E-state index in [1.807, 2.05) is 0 Å². The van der Waals surface area contributed by atoms with E-state index in [1.54, 1.807) is 28.3 Å². The molecule has 0 aliphatic rings. The van der Waals surface area contributed by atoms with Gasteiger partial charge in [-0.25, -0.2) is 0 Å². The van der Waals surface area contributed by atoms with Gasteiger partial charge in [0.25, 0.3) is 10.4 Å². The Balaban J connectivity index is 2.44. The maximum atomic E-state index is 11.5. The number of aromatic nitrogens is 2. The number of ether oxygens (including phenoxy) is 3. The van der Waals surface area contributed by atoms with Crippen LogP contribution >= 0.6 is 23.3 Å². The zero-order chi connectivity index (χ0) is 14.3. The predicted molar refractivity (Wildman–Crippen MR) is 73.0 cm³/mol. The predicted octanol–water partition coefficient (Wildman–Crippen LogP) is 1.35. The molecule has 9 heteroatoms. The fraction of sp³-hybridized carbons (Fsp3) is 0.700. The topological polar surface area (TPSA) is 73.8 Å². The SMILES string of the molecule is COCC(COc1nc(SC(=O)N(C)C)ns1)OC.